The normalized spacial score (nSPS) is 10.3. The van der Waals surface area contributed by atoms with E-state index in [9.17, 15) is 4.79 Å². The van der Waals surface area contributed by atoms with Crippen molar-refractivity contribution in [1.82, 2.24) is 0 Å². The number of rotatable bonds is 17. The van der Waals surface area contributed by atoms with Crippen LogP contribution in [0.1, 0.15) is 110 Å². The molecule has 0 aliphatic rings. The number of azide groups is 1. The van der Waals surface area contributed by atoms with Gasteiger partial charge < -0.3 is 4.84 Å². The van der Waals surface area contributed by atoms with Crippen molar-refractivity contribution in [1.29, 1.82) is 0 Å². The summed E-state index contributed by atoms with van der Waals surface area (Å²) >= 11 is 0. The molecular formula is C18H35N3O2. The molecule has 23 heavy (non-hydrogen) atoms. The first kappa shape index (κ1) is 21.8. The van der Waals surface area contributed by atoms with Crippen LogP contribution in [0, 0.1) is 0 Å². The number of carbonyl (C=O) groups is 1. The summed E-state index contributed by atoms with van der Waals surface area (Å²) in [5.74, 6) is -0.433. The molecule has 0 N–H and O–H groups in total. The summed E-state index contributed by atoms with van der Waals surface area (Å²) < 4.78 is 0. The van der Waals surface area contributed by atoms with E-state index in [1.165, 1.54) is 83.5 Å². The first-order valence-electron chi connectivity index (χ1n) is 9.55. The molecule has 134 valence electrons. The summed E-state index contributed by atoms with van der Waals surface area (Å²) in [5.41, 5.74) is 8.00. The lowest BCUT2D eigenvalue weighted by atomic mass is 10.0. The van der Waals surface area contributed by atoms with Gasteiger partial charge in [-0.25, -0.2) is 0 Å². The van der Waals surface area contributed by atoms with E-state index in [1.807, 2.05) is 0 Å². The Hall–Kier alpha value is -1.22. The molecule has 0 heterocycles. The third-order valence-corrected chi connectivity index (χ3v) is 4.16. The monoisotopic (exact) mass is 325 g/mol. The van der Waals surface area contributed by atoms with Gasteiger partial charge in [0.15, 0.2) is 0 Å². The Labute approximate surface area is 141 Å². The van der Waals surface area contributed by atoms with Crippen molar-refractivity contribution in [3.05, 3.63) is 10.4 Å². The number of nitrogens with zero attached hydrogens (tertiary/aromatic N) is 3. The standard InChI is InChI=1S/C18H35N3O2/c1-2-3-4-5-6-7-8-9-10-11-12-13-14-15-16-17-18(22)23-21-20-19/h2-17H2,1H3. The second-order valence-electron chi connectivity index (χ2n) is 6.33. The molecule has 0 atom stereocenters. The van der Waals surface area contributed by atoms with Crippen LogP contribution in [-0.4, -0.2) is 5.97 Å². The van der Waals surface area contributed by atoms with Gasteiger partial charge in [-0.3, -0.25) is 4.79 Å². The van der Waals surface area contributed by atoms with E-state index >= 15 is 0 Å². The zero-order valence-electron chi connectivity index (χ0n) is 15.0. The maximum Gasteiger partial charge on any atom is 0.317 e. The van der Waals surface area contributed by atoms with E-state index in [-0.39, 0.29) is 0 Å². The maximum absolute atomic E-state index is 11.0. The van der Waals surface area contributed by atoms with Crippen molar-refractivity contribution in [3.8, 4) is 0 Å². The van der Waals surface area contributed by atoms with Gasteiger partial charge in [0, 0.05) is 11.3 Å². The Bertz CT molecular complexity index is 315. The summed E-state index contributed by atoms with van der Waals surface area (Å²) in [4.78, 5) is 17.7. The Morgan fingerprint density at radius 2 is 1.17 bits per heavy atom. The molecule has 0 unspecified atom stereocenters. The Morgan fingerprint density at radius 3 is 1.57 bits per heavy atom. The lowest BCUT2D eigenvalue weighted by Crippen LogP contribution is -1.98. The van der Waals surface area contributed by atoms with Gasteiger partial charge in [-0.05, 0) is 12.0 Å². The van der Waals surface area contributed by atoms with Gasteiger partial charge in [0.2, 0.25) is 0 Å². The summed E-state index contributed by atoms with van der Waals surface area (Å²) in [6.07, 6.45) is 19.8. The van der Waals surface area contributed by atoms with Crippen LogP contribution in [-0.2, 0) is 9.63 Å². The highest BCUT2D eigenvalue weighted by Gasteiger charge is 2.01. The molecule has 0 aromatic heterocycles. The summed E-state index contributed by atoms with van der Waals surface area (Å²) in [5, 5.41) is 2.79. The van der Waals surface area contributed by atoms with Gasteiger partial charge in [0.1, 0.15) is 5.28 Å². The van der Waals surface area contributed by atoms with Crippen LogP contribution in [0.25, 0.3) is 10.4 Å². The topological polar surface area (TPSA) is 75.1 Å². The zero-order valence-corrected chi connectivity index (χ0v) is 15.0. The number of hydrogen-bond donors (Lipinski definition) is 0. The molecule has 0 aliphatic carbocycles. The van der Waals surface area contributed by atoms with Crippen molar-refractivity contribution in [3.63, 3.8) is 0 Å². The molecule has 0 radical (unpaired) electrons. The fourth-order valence-electron chi connectivity index (χ4n) is 2.75. The molecule has 0 spiro atoms. The average molecular weight is 325 g/mol. The lowest BCUT2D eigenvalue weighted by Gasteiger charge is -2.03. The highest BCUT2D eigenvalue weighted by Crippen LogP contribution is 2.13. The second-order valence-corrected chi connectivity index (χ2v) is 6.33. The van der Waals surface area contributed by atoms with Crippen molar-refractivity contribution in [2.75, 3.05) is 0 Å². The van der Waals surface area contributed by atoms with Crippen LogP contribution in [0.5, 0.6) is 0 Å². The van der Waals surface area contributed by atoms with Crippen LogP contribution in [0.2, 0.25) is 0 Å². The quantitative estimate of drug-likeness (QED) is 0.0947. The van der Waals surface area contributed by atoms with E-state index in [4.69, 9.17) is 5.53 Å². The molecule has 0 saturated carbocycles. The van der Waals surface area contributed by atoms with Crippen molar-refractivity contribution >= 4 is 5.97 Å². The summed E-state index contributed by atoms with van der Waals surface area (Å²) in [6, 6.07) is 0. The van der Waals surface area contributed by atoms with Crippen LogP contribution in [0.15, 0.2) is 5.28 Å². The predicted molar refractivity (Wildman–Crippen MR) is 94.8 cm³/mol. The Balaban J connectivity index is 3.08. The molecule has 0 bridgehead atoms. The first-order chi connectivity index (χ1) is 11.3. The lowest BCUT2D eigenvalue weighted by molar-refractivity contribution is -0.144. The smallest absolute Gasteiger partial charge is 0.317 e. The SMILES string of the molecule is CCCCCCCCCCCCCCCCCC(=O)ON=[N+]=[N-]. The van der Waals surface area contributed by atoms with E-state index in [2.05, 4.69) is 22.0 Å². The molecule has 0 aromatic carbocycles. The molecular weight excluding hydrogens is 290 g/mol. The minimum Gasteiger partial charge on any atom is -0.359 e. The number of carbonyl (C=O) groups excluding carboxylic acids is 1. The predicted octanol–water partition coefficient (Wildman–Crippen LogP) is 7.02. The van der Waals surface area contributed by atoms with E-state index < -0.39 is 5.97 Å². The third kappa shape index (κ3) is 18.7. The first-order valence-corrected chi connectivity index (χ1v) is 9.55. The highest BCUT2D eigenvalue weighted by molar-refractivity contribution is 5.68. The van der Waals surface area contributed by atoms with Crippen molar-refractivity contribution < 1.29 is 9.63 Å². The van der Waals surface area contributed by atoms with Gasteiger partial charge in [-0.2, -0.15) is 0 Å². The Kier molecular flexibility index (Phi) is 17.8. The molecule has 0 rings (SSSR count). The van der Waals surface area contributed by atoms with E-state index in [0.717, 1.165) is 12.8 Å². The summed E-state index contributed by atoms with van der Waals surface area (Å²) in [6.45, 7) is 2.26. The minimum atomic E-state index is -0.433. The van der Waals surface area contributed by atoms with Gasteiger partial charge >= 0.3 is 5.97 Å². The minimum absolute atomic E-state index is 0.345. The molecule has 0 fully saturated rings. The maximum atomic E-state index is 11.0. The van der Waals surface area contributed by atoms with Crippen molar-refractivity contribution in [2.24, 2.45) is 5.28 Å². The number of unbranched alkanes of at least 4 members (excludes halogenated alkanes) is 14. The highest BCUT2D eigenvalue weighted by atomic mass is 16.7. The molecule has 0 aliphatic heterocycles. The van der Waals surface area contributed by atoms with Crippen LogP contribution >= 0.6 is 0 Å². The van der Waals surface area contributed by atoms with Gasteiger partial charge in [-0.15, -0.1) is 0 Å². The molecule has 0 saturated heterocycles. The van der Waals surface area contributed by atoms with Gasteiger partial charge in [0.05, 0.1) is 0 Å². The molecule has 5 nitrogen and oxygen atoms in total. The van der Waals surface area contributed by atoms with Crippen LogP contribution in [0.4, 0.5) is 0 Å². The summed E-state index contributed by atoms with van der Waals surface area (Å²) in [7, 11) is 0. The largest absolute Gasteiger partial charge is 0.359 e. The molecule has 5 heteroatoms. The van der Waals surface area contributed by atoms with Gasteiger partial charge in [-0.1, -0.05) is 96.8 Å². The fourth-order valence-corrected chi connectivity index (χ4v) is 2.75. The molecule has 0 aromatic rings. The van der Waals surface area contributed by atoms with E-state index in [0.29, 0.717) is 6.42 Å². The van der Waals surface area contributed by atoms with E-state index in [1.54, 1.807) is 0 Å². The van der Waals surface area contributed by atoms with Gasteiger partial charge in [0.25, 0.3) is 0 Å². The molecule has 0 amide bonds. The fraction of sp³-hybridized carbons (Fsp3) is 0.944. The third-order valence-electron chi connectivity index (χ3n) is 4.16. The van der Waals surface area contributed by atoms with Crippen LogP contribution in [0.3, 0.4) is 0 Å². The second kappa shape index (κ2) is 18.8. The van der Waals surface area contributed by atoms with Crippen LogP contribution < -0.4 is 0 Å². The Morgan fingerprint density at radius 1 is 0.783 bits per heavy atom. The van der Waals surface area contributed by atoms with Crippen molar-refractivity contribution in [2.45, 2.75) is 110 Å². The zero-order chi connectivity index (χ0) is 17.0. The average Bonchev–Trinajstić information content (AvgIpc) is 2.56. The number of hydrogen-bond acceptors (Lipinski definition) is 3.